The third-order valence-corrected chi connectivity index (χ3v) is 20.8. The molecular weight excluding hydrogens is 508 g/mol. The first kappa shape index (κ1) is 27.6. The molecule has 0 bridgehead atoms. The summed E-state index contributed by atoms with van der Waals surface area (Å²) in [6.45, 7) is 10.3. The molecule has 0 saturated heterocycles. The standard InChI is InChI=1S/C15H25Si.3C7H7.Ti/c1-5-16(3,4)11-15-12(2)10-13-8-6-7-9-14(13)15;3*1-7-5-3-2-4-6-7;/h15H,5-9,11H2,1-4H3;3*2-6H,1H2;. The van der Waals surface area contributed by atoms with Gasteiger partial charge in [-0.3, -0.25) is 0 Å². The molecule has 38 heavy (non-hydrogen) atoms. The fraction of sp³-hybridized carbons (Fsp3) is 0.389. The van der Waals surface area contributed by atoms with E-state index >= 15 is 0 Å². The van der Waals surface area contributed by atoms with E-state index in [0.717, 1.165) is 0 Å². The number of rotatable bonds is 10. The Kier molecular flexibility index (Phi) is 8.78. The summed E-state index contributed by atoms with van der Waals surface area (Å²) < 4.78 is 5.75. The maximum atomic E-state index is 2.63. The van der Waals surface area contributed by atoms with E-state index in [4.69, 9.17) is 0 Å². The van der Waals surface area contributed by atoms with E-state index in [2.05, 4.69) is 118 Å². The first-order chi connectivity index (χ1) is 18.4. The Morgan fingerprint density at radius 1 is 0.684 bits per heavy atom. The van der Waals surface area contributed by atoms with Crippen LogP contribution in [-0.2, 0) is 30.8 Å². The molecule has 0 saturated carbocycles. The van der Waals surface area contributed by atoms with Crippen LogP contribution in [-0.4, -0.2) is 8.07 Å². The molecule has 0 aromatic heterocycles. The second-order valence-corrected chi connectivity index (χ2v) is 24.7. The van der Waals surface area contributed by atoms with E-state index in [1.807, 2.05) is 15.0 Å². The van der Waals surface area contributed by atoms with Crippen LogP contribution in [0.5, 0.6) is 0 Å². The zero-order chi connectivity index (χ0) is 26.6. The van der Waals surface area contributed by atoms with Crippen molar-refractivity contribution < 1.29 is 16.6 Å². The van der Waals surface area contributed by atoms with Crippen molar-refractivity contribution >= 4 is 8.07 Å². The summed E-state index contributed by atoms with van der Waals surface area (Å²) in [6.07, 6.45) is 5.42. The van der Waals surface area contributed by atoms with Crippen LogP contribution in [0.1, 0.15) is 56.2 Å². The maximum absolute atomic E-state index is 2.78. The molecule has 0 nitrogen and oxygen atoms in total. The Bertz CT molecular complexity index is 1170. The molecule has 0 radical (unpaired) electrons. The molecule has 5 rings (SSSR count). The summed E-state index contributed by atoms with van der Waals surface area (Å²) in [5, 5.41) is 0. The molecule has 198 valence electrons. The number of hydrogen-bond donors (Lipinski definition) is 0. The third-order valence-electron chi connectivity index (χ3n) is 9.55. The third kappa shape index (κ3) is 6.11. The average molecular weight is 555 g/mol. The zero-order valence-corrected chi connectivity index (χ0v) is 26.7. The molecule has 0 heterocycles. The minimum atomic E-state index is -2.78. The molecule has 0 spiro atoms. The van der Waals surface area contributed by atoms with Gasteiger partial charge in [-0.15, -0.1) is 0 Å². The molecule has 3 aromatic rings. The summed E-state index contributed by atoms with van der Waals surface area (Å²) >= 11 is -2.78. The van der Waals surface area contributed by atoms with Crippen molar-refractivity contribution in [3.63, 3.8) is 0 Å². The van der Waals surface area contributed by atoms with E-state index < -0.39 is 24.7 Å². The van der Waals surface area contributed by atoms with Crippen LogP contribution >= 0.6 is 0 Å². The van der Waals surface area contributed by atoms with Crippen molar-refractivity contribution in [3.05, 3.63) is 128 Å². The summed E-state index contributed by atoms with van der Waals surface area (Å²) in [7, 11) is -1.22. The first-order valence-electron chi connectivity index (χ1n) is 15.0. The van der Waals surface area contributed by atoms with Crippen LogP contribution in [0.4, 0.5) is 0 Å². The van der Waals surface area contributed by atoms with Gasteiger partial charge in [-0.1, -0.05) is 0 Å². The van der Waals surface area contributed by atoms with Crippen LogP contribution in [0.15, 0.2) is 112 Å². The molecular formula is C36H46SiTi. The van der Waals surface area contributed by atoms with E-state index in [1.54, 1.807) is 22.3 Å². The average Bonchev–Trinajstić information content (AvgIpc) is 3.21. The number of allylic oxidation sites excluding steroid dienone is 4. The van der Waals surface area contributed by atoms with Gasteiger partial charge in [-0.05, 0) is 0 Å². The van der Waals surface area contributed by atoms with E-state index in [9.17, 15) is 0 Å². The van der Waals surface area contributed by atoms with Gasteiger partial charge in [0.25, 0.3) is 0 Å². The van der Waals surface area contributed by atoms with Gasteiger partial charge < -0.3 is 0 Å². The second-order valence-electron chi connectivity index (χ2n) is 12.8. The Hall–Kier alpha value is -1.93. The van der Waals surface area contributed by atoms with Gasteiger partial charge in [0, 0.05) is 0 Å². The van der Waals surface area contributed by atoms with Crippen molar-refractivity contribution in [1.29, 1.82) is 0 Å². The van der Waals surface area contributed by atoms with Crippen LogP contribution in [0.25, 0.3) is 0 Å². The number of hydrogen-bond acceptors (Lipinski definition) is 0. The van der Waals surface area contributed by atoms with E-state index in [1.165, 1.54) is 51.9 Å². The Morgan fingerprint density at radius 3 is 1.58 bits per heavy atom. The molecule has 0 fully saturated rings. The molecule has 0 N–H and O–H groups in total. The van der Waals surface area contributed by atoms with Crippen LogP contribution in [0.3, 0.4) is 0 Å². The fourth-order valence-electron chi connectivity index (χ4n) is 7.40. The van der Waals surface area contributed by atoms with Gasteiger partial charge >= 0.3 is 238 Å². The Balaban J connectivity index is 1.71. The van der Waals surface area contributed by atoms with Gasteiger partial charge in [0.2, 0.25) is 0 Å². The number of benzene rings is 3. The van der Waals surface area contributed by atoms with Crippen LogP contribution in [0, 0.1) is 5.92 Å². The topological polar surface area (TPSA) is 0 Å². The van der Waals surface area contributed by atoms with Gasteiger partial charge in [0.05, 0.1) is 0 Å². The van der Waals surface area contributed by atoms with Crippen molar-refractivity contribution in [1.82, 2.24) is 0 Å². The quantitative estimate of drug-likeness (QED) is 0.219. The predicted octanol–water partition coefficient (Wildman–Crippen LogP) is 10.2. The Morgan fingerprint density at radius 2 is 1.13 bits per heavy atom. The van der Waals surface area contributed by atoms with Gasteiger partial charge in [-0.25, -0.2) is 0 Å². The van der Waals surface area contributed by atoms with Gasteiger partial charge in [0.1, 0.15) is 0 Å². The van der Waals surface area contributed by atoms with Crippen molar-refractivity contribution in [2.75, 3.05) is 0 Å². The SMILES string of the molecule is CC[Si](C)(C)CC1C(C)=[C]([Ti]([CH2]c2ccccc2)([CH2]c2ccccc2)[CH2]c2ccccc2)C2=C1CCCC2. The summed E-state index contributed by atoms with van der Waals surface area (Å²) in [5.74, 6) is 0.717. The molecule has 1 unspecified atom stereocenters. The fourth-order valence-corrected chi connectivity index (χ4v) is 18.5. The zero-order valence-electron chi connectivity index (χ0n) is 24.1. The van der Waals surface area contributed by atoms with Crippen LogP contribution in [0.2, 0.25) is 25.2 Å². The molecule has 2 aliphatic carbocycles. The Labute approximate surface area is 236 Å². The molecule has 0 amide bonds. The molecule has 2 aliphatic rings. The first-order valence-corrected chi connectivity index (χ1v) is 22.5. The summed E-state index contributed by atoms with van der Waals surface area (Å²) in [5.41, 5.74) is 10.2. The minimum absolute atomic E-state index is 0.717. The second kappa shape index (κ2) is 12.1. The van der Waals surface area contributed by atoms with Crippen molar-refractivity contribution in [2.24, 2.45) is 5.92 Å². The summed E-state index contributed by atoms with van der Waals surface area (Å²) in [4.78, 5) is 0. The van der Waals surface area contributed by atoms with Crippen molar-refractivity contribution in [3.8, 4) is 0 Å². The molecule has 3 aromatic carbocycles. The monoisotopic (exact) mass is 554 g/mol. The van der Waals surface area contributed by atoms with Gasteiger partial charge in [0.15, 0.2) is 0 Å². The van der Waals surface area contributed by atoms with Crippen LogP contribution < -0.4 is 0 Å². The van der Waals surface area contributed by atoms with Crippen molar-refractivity contribution in [2.45, 2.75) is 78.9 Å². The van der Waals surface area contributed by atoms with Gasteiger partial charge in [-0.2, -0.15) is 0 Å². The van der Waals surface area contributed by atoms with E-state index in [-0.39, 0.29) is 0 Å². The molecule has 1 atom stereocenters. The molecule has 0 aliphatic heterocycles. The molecule has 2 heteroatoms. The van der Waals surface area contributed by atoms with E-state index in [0.29, 0.717) is 5.92 Å². The predicted molar refractivity (Wildman–Crippen MR) is 165 cm³/mol. The normalized spacial score (nSPS) is 18.2. The summed E-state index contributed by atoms with van der Waals surface area (Å²) in [6, 6.07) is 37.3.